The summed E-state index contributed by atoms with van der Waals surface area (Å²) in [5.74, 6) is 1.53. The van der Waals surface area contributed by atoms with Gasteiger partial charge in [0.1, 0.15) is 5.82 Å². The van der Waals surface area contributed by atoms with Crippen LogP contribution in [0.5, 0.6) is 0 Å². The van der Waals surface area contributed by atoms with Gasteiger partial charge in [0.15, 0.2) is 5.82 Å². The highest BCUT2D eigenvalue weighted by molar-refractivity contribution is 5.53. The van der Waals surface area contributed by atoms with Crippen molar-refractivity contribution in [3.63, 3.8) is 0 Å². The second-order valence-electron chi connectivity index (χ2n) is 5.94. The van der Waals surface area contributed by atoms with E-state index < -0.39 is 0 Å². The summed E-state index contributed by atoms with van der Waals surface area (Å²) in [5, 5.41) is 11.0. The van der Waals surface area contributed by atoms with Gasteiger partial charge in [0.2, 0.25) is 0 Å². The Morgan fingerprint density at radius 1 is 1.08 bits per heavy atom. The Balaban J connectivity index is 1.81. The molecule has 2 N–H and O–H groups in total. The fourth-order valence-corrected chi connectivity index (χ4v) is 2.46. The second kappa shape index (κ2) is 7.70. The standard InChI is InChI=1S/C18H22N6/c1-24(2)13-10-16(20-15-6-4-3-5-7-15)18-21-17(22-23-18)14-8-11-19-12-9-14/h3-9,11-12,16,20H,10,13H2,1-2H3,(H,21,22,23). The summed E-state index contributed by atoms with van der Waals surface area (Å²) >= 11 is 0. The Hall–Kier alpha value is -2.73. The molecule has 0 amide bonds. The number of hydrogen-bond donors (Lipinski definition) is 2. The zero-order valence-electron chi connectivity index (χ0n) is 14.0. The Labute approximate surface area is 142 Å². The number of rotatable bonds is 7. The van der Waals surface area contributed by atoms with E-state index in [0.29, 0.717) is 5.82 Å². The van der Waals surface area contributed by atoms with Crippen LogP contribution >= 0.6 is 0 Å². The van der Waals surface area contributed by atoms with Crippen molar-refractivity contribution in [2.75, 3.05) is 26.0 Å². The van der Waals surface area contributed by atoms with Gasteiger partial charge in [-0.3, -0.25) is 10.1 Å². The fraction of sp³-hybridized carbons (Fsp3) is 0.278. The zero-order valence-corrected chi connectivity index (χ0v) is 14.0. The molecule has 6 nitrogen and oxygen atoms in total. The van der Waals surface area contributed by atoms with E-state index in [4.69, 9.17) is 0 Å². The maximum Gasteiger partial charge on any atom is 0.181 e. The largest absolute Gasteiger partial charge is 0.375 e. The number of H-pyrrole nitrogens is 1. The van der Waals surface area contributed by atoms with Gasteiger partial charge < -0.3 is 10.2 Å². The van der Waals surface area contributed by atoms with Crippen molar-refractivity contribution in [2.24, 2.45) is 0 Å². The number of hydrogen-bond acceptors (Lipinski definition) is 5. The Kier molecular flexibility index (Phi) is 5.18. The van der Waals surface area contributed by atoms with Gasteiger partial charge in [0.05, 0.1) is 6.04 Å². The van der Waals surface area contributed by atoms with E-state index in [2.05, 4.69) is 56.6 Å². The van der Waals surface area contributed by atoms with Gasteiger partial charge >= 0.3 is 0 Å². The first kappa shape index (κ1) is 16.1. The fourth-order valence-electron chi connectivity index (χ4n) is 2.46. The maximum absolute atomic E-state index is 4.68. The summed E-state index contributed by atoms with van der Waals surface area (Å²) in [5.41, 5.74) is 2.03. The van der Waals surface area contributed by atoms with Gasteiger partial charge in [0, 0.05) is 23.6 Å². The molecule has 2 aromatic heterocycles. The monoisotopic (exact) mass is 322 g/mol. The van der Waals surface area contributed by atoms with Crippen LogP contribution in [0, 0.1) is 0 Å². The lowest BCUT2D eigenvalue weighted by molar-refractivity contribution is 0.385. The smallest absolute Gasteiger partial charge is 0.181 e. The van der Waals surface area contributed by atoms with Crippen LogP contribution in [0.15, 0.2) is 54.9 Å². The molecule has 24 heavy (non-hydrogen) atoms. The van der Waals surface area contributed by atoms with Crippen molar-refractivity contribution < 1.29 is 0 Å². The lowest BCUT2D eigenvalue weighted by Gasteiger charge is -2.19. The van der Waals surface area contributed by atoms with Crippen molar-refractivity contribution in [2.45, 2.75) is 12.5 Å². The molecule has 0 aliphatic rings. The number of pyridine rings is 1. The van der Waals surface area contributed by atoms with Crippen molar-refractivity contribution >= 4 is 5.69 Å². The van der Waals surface area contributed by atoms with E-state index in [-0.39, 0.29) is 6.04 Å². The molecule has 0 radical (unpaired) electrons. The van der Waals surface area contributed by atoms with Gasteiger partial charge in [-0.2, -0.15) is 5.10 Å². The Morgan fingerprint density at radius 3 is 2.54 bits per heavy atom. The summed E-state index contributed by atoms with van der Waals surface area (Å²) in [6, 6.07) is 14.1. The van der Waals surface area contributed by atoms with Crippen molar-refractivity contribution in [3.05, 3.63) is 60.7 Å². The molecule has 6 heteroatoms. The lowest BCUT2D eigenvalue weighted by atomic mass is 10.1. The molecule has 0 spiro atoms. The van der Waals surface area contributed by atoms with Crippen LogP contribution in [0.4, 0.5) is 5.69 Å². The van der Waals surface area contributed by atoms with E-state index >= 15 is 0 Å². The van der Waals surface area contributed by atoms with E-state index in [1.165, 1.54) is 0 Å². The molecule has 2 heterocycles. The number of para-hydroxylation sites is 1. The molecule has 0 fully saturated rings. The molecule has 3 rings (SSSR count). The highest BCUT2D eigenvalue weighted by atomic mass is 15.2. The molecule has 0 aliphatic heterocycles. The zero-order chi connectivity index (χ0) is 16.8. The summed E-state index contributed by atoms with van der Waals surface area (Å²) in [7, 11) is 4.14. The highest BCUT2D eigenvalue weighted by Gasteiger charge is 2.17. The van der Waals surface area contributed by atoms with Crippen LogP contribution in [-0.4, -0.2) is 45.7 Å². The van der Waals surface area contributed by atoms with E-state index in [1.807, 2.05) is 30.3 Å². The first-order chi connectivity index (χ1) is 11.7. The minimum absolute atomic E-state index is 0.0675. The SMILES string of the molecule is CN(C)CCC(Nc1ccccc1)c1nc(-c2ccncc2)n[nH]1. The third-order valence-electron chi connectivity index (χ3n) is 3.75. The van der Waals surface area contributed by atoms with Crippen molar-refractivity contribution in [1.82, 2.24) is 25.1 Å². The molecular weight excluding hydrogens is 300 g/mol. The van der Waals surface area contributed by atoms with Crippen LogP contribution in [0.1, 0.15) is 18.3 Å². The molecular formula is C18H22N6. The molecule has 1 unspecified atom stereocenters. The quantitative estimate of drug-likeness (QED) is 0.700. The van der Waals surface area contributed by atoms with E-state index in [0.717, 1.165) is 30.0 Å². The van der Waals surface area contributed by atoms with Gasteiger partial charge in [-0.15, -0.1) is 0 Å². The predicted octanol–water partition coefficient (Wildman–Crippen LogP) is 2.97. The van der Waals surface area contributed by atoms with Crippen LogP contribution in [0.2, 0.25) is 0 Å². The highest BCUT2D eigenvalue weighted by Crippen LogP contribution is 2.22. The third-order valence-corrected chi connectivity index (χ3v) is 3.75. The van der Waals surface area contributed by atoms with Crippen LogP contribution in [0.25, 0.3) is 11.4 Å². The van der Waals surface area contributed by atoms with E-state index in [1.54, 1.807) is 12.4 Å². The summed E-state index contributed by atoms with van der Waals surface area (Å²) in [6.07, 6.45) is 4.42. The van der Waals surface area contributed by atoms with Crippen LogP contribution in [-0.2, 0) is 0 Å². The minimum Gasteiger partial charge on any atom is -0.375 e. The topological polar surface area (TPSA) is 69.7 Å². The molecule has 0 saturated carbocycles. The minimum atomic E-state index is 0.0675. The van der Waals surface area contributed by atoms with Gasteiger partial charge in [-0.05, 0) is 51.3 Å². The second-order valence-corrected chi connectivity index (χ2v) is 5.94. The number of nitrogens with one attached hydrogen (secondary N) is 2. The maximum atomic E-state index is 4.68. The first-order valence-electron chi connectivity index (χ1n) is 8.01. The molecule has 1 atom stereocenters. The summed E-state index contributed by atoms with van der Waals surface area (Å²) < 4.78 is 0. The predicted molar refractivity (Wildman–Crippen MR) is 95.6 cm³/mol. The number of aromatic amines is 1. The number of nitrogens with zero attached hydrogens (tertiary/aromatic N) is 4. The lowest BCUT2D eigenvalue weighted by Crippen LogP contribution is -2.20. The van der Waals surface area contributed by atoms with Crippen LogP contribution < -0.4 is 5.32 Å². The molecule has 0 aliphatic carbocycles. The normalized spacial score (nSPS) is 12.3. The average Bonchev–Trinajstić information content (AvgIpc) is 3.10. The molecule has 1 aromatic carbocycles. The number of anilines is 1. The van der Waals surface area contributed by atoms with Gasteiger partial charge in [-0.25, -0.2) is 4.98 Å². The number of aromatic nitrogens is 4. The molecule has 3 aromatic rings. The summed E-state index contributed by atoms with van der Waals surface area (Å²) in [4.78, 5) is 10.9. The number of benzene rings is 1. The molecule has 0 bridgehead atoms. The van der Waals surface area contributed by atoms with Gasteiger partial charge in [-0.1, -0.05) is 18.2 Å². The Bertz CT molecular complexity index is 738. The van der Waals surface area contributed by atoms with E-state index in [9.17, 15) is 0 Å². The Morgan fingerprint density at radius 2 is 1.83 bits per heavy atom. The third kappa shape index (κ3) is 4.17. The van der Waals surface area contributed by atoms with Crippen LogP contribution in [0.3, 0.4) is 0 Å². The molecule has 0 saturated heterocycles. The average molecular weight is 322 g/mol. The van der Waals surface area contributed by atoms with Gasteiger partial charge in [0.25, 0.3) is 0 Å². The van der Waals surface area contributed by atoms with Crippen molar-refractivity contribution in [3.8, 4) is 11.4 Å². The molecule has 124 valence electrons. The first-order valence-corrected chi connectivity index (χ1v) is 8.01. The summed E-state index contributed by atoms with van der Waals surface area (Å²) in [6.45, 7) is 0.954. The van der Waals surface area contributed by atoms with Crippen molar-refractivity contribution in [1.29, 1.82) is 0 Å².